The Kier molecular flexibility index (Phi) is 7.33. The topological polar surface area (TPSA) is 66.5 Å². The van der Waals surface area contributed by atoms with Gasteiger partial charge in [0, 0.05) is 32.8 Å². The summed E-state index contributed by atoms with van der Waals surface area (Å²) in [6, 6.07) is 0. The van der Waals surface area contributed by atoms with E-state index >= 15 is 0 Å². The van der Waals surface area contributed by atoms with Crippen molar-refractivity contribution in [2.45, 2.75) is 19.8 Å². The van der Waals surface area contributed by atoms with E-state index in [0.29, 0.717) is 19.5 Å². The fourth-order valence-corrected chi connectivity index (χ4v) is 1.83. The molecule has 0 aliphatic rings. The molecule has 0 aromatic carbocycles. The molecule has 0 heterocycles. The fraction of sp³-hybridized carbons (Fsp3) is 0.900. The molecule has 0 atom stereocenters. The van der Waals surface area contributed by atoms with E-state index in [-0.39, 0.29) is 17.4 Å². The number of carbonyl (C=O) groups excluding carboxylic acids is 1. The van der Waals surface area contributed by atoms with Crippen molar-refractivity contribution in [2.24, 2.45) is 0 Å². The minimum absolute atomic E-state index is 0.1000. The molecule has 0 aromatic heterocycles. The molecule has 0 radical (unpaired) electrons. The summed E-state index contributed by atoms with van der Waals surface area (Å²) >= 11 is 0. The Morgan fingerprint density at radius 2 is 1.88 bits per heavy atom. The van der Waals surface area contributed by atoms with Gasteiger partial charge in [0.05, 0.1) is 5.75 Å². The maximum absolute atomic E-state index is 11.2. The van der Waals surface area contributed by atoms with Crippen LogP contribution in [0.15, 0.2) is 0 Å². The van der Waals surface area contributed by atoms with Gasteiger partial charge >= 0.3 is 0 Å². The average Bonchev–Trinajstić information content (AvgIpc) is 2.22. The van der Waals surface area contributed by atoms with Gasteiger partial charge in [0.2, 0.25) is 5.91 Å². The molecule has 0 bridgehead atoms. The number of rotatable bonds is 8. The predicted octanol–water partition coefficient (Wildman–Crippen LogP) is -0.121. The molecule has 1 amide bonds. The Hall–Kier alpha value is -0.620. The summed E-state index contributed by atoms with van der Waals surface area (Å²) in [6.07, 6.45) is 1.24. The summed E-state index contributed by atoms with van der Waals surface area (Å²) in [5.41, 5.74) is 0. The fourth-order valence-electron chi connectivity index (χ4n) is 1.09. The van der Waals surface area contributed by atoms with Crippen LogP contribution in [0.3, 0.4) is 0 Å². The lowest BCUT2D eigenvalue weighted by atomic mass is 10.3. The lowest BCUT2D eigenvalue weighted by Gasteiger charge is -2.10. The standard InChI is InChI=1S/C10H22N2O3S/c1-4-16(14,15)9-8-11-7-5-6-10(13)12(2)3/h11H,4-9H2,1-3H3. The molecule has 0 rings (SSSR count). The van der Waals surface area contributed by atoms with Gasteiger partial charge in [-0.05, 0) is 13.0 Å². The zero-order valence-electron chi connectivity index (χ0n) is 10.3. The lowest BCUT2D eigenvalue weighted by molar-refractivity contribution is -0.128. The van der Waals surface area contributed by atoms with Gasteiger partial charge in [0.15, 0.2) is 9.84 Å². The quantitative estimate of drug-likeness (QED) is 0.610. The molecule has 16 heavy (non-hydrogen) atoms. The second kappa shape index (κ2) is 7.62. The zero-order chi connectivity index (χ0) is 12.6. The summed E-state index contributed by atoms with van der Waals surface area (Å²) in [5, 5.41) is 3.02. The van der Waals surface area contributed by atoms with Crippen LogP contribution in [0.1, 0.15) is 19.8 Å². The highest BCUT2D eigenvalue weighted by molar-refractivity contribution is 7.91. The van der Waals surface area contributed by atoms with Crippen molar-refractivity contribution in [3.05, 3.63) is 0 Å². The third-order valence-corrected chi connectivity index (χ3v) is 3.98. The van der Waals surface area contributed by atoms with Crippen LogP contribution >= 0.6 is 0 Å². The third-order valence-electron chi connectivity index (χ3n) is 2.27. The largest absolute Gasteiger partial charge is 0.349 e. The summed E-state index contributed by atoms with van der Waals surface area (Å²) in [4.78, 5) is 12.7. The summed E-state index contributed by atoms with van der Waals surface area (Å²) in [7, 11) is 0.577. The average molecular weight is 250 g/mol. The van der Waals surface area contributed by atoms with E-state index in [2.05, 4.69) is 5.32 Å². The van der Waals surface area contributed by atoms with E-state index in [4.69, 9.17) is 0 Å². The molecule has 0 aromatic rings. The summed E-state index contributed by atoms with van der Waals surface area (Å²) < 4.78 is 22.3. The van der Waals surface area contributed by atoms with Gasteiger partial charge < -0.3 is 10.2 Å². The number of nitrogens with one attached hydrogen (secondary N) is 1. The number of nitrogens with zero attached hydrogens (tertiary/aromatic N) is 1. The van der Waals surface area contributed by atoms with Gasteiger partial charge in [-0.3, -0.25) is 4.79 Å². The SMILES string of the molecule is CCS(=O)(=O)CCNCCCC(=O)N(C)C. The van der Waals surface area contributed by atoms with Gasteiger partial charge in [0.25, 0.3) is 0 Å². The highest BCUT2D eigenvalue weighted by Crippen LogP contribution is 1.92. The monoisotopic (exact) mass is 250 g/mol. The Morgan fingerprint density at radius 3 is 2.38 bits per heavy atom. The van der Waals surface area contributed by atoms with Crippen LogP contribution in [0.4, 0.5) is 0 Å². The molecule has 96 valence electrons. The molecule has 0 saturated heterocycles. The van der Waals surface area contributed by atoms with Crippen LogP contribution in [0.2, 0.25) is 0 Å². The number of hydrogen-bond acceptors (Lipinski definition) is 4. The van der Waals surface area contributed by atoms with Crippen LogP contribution in [0.5, 0.6) is 0 Å². The minimum Gasteiger partial charge on any atom is -0.349 e. The minimum atomic E-state index is -2.87. The van der Waals surface area contributed by atoms with Crippen molar-refractivity contribution in [3.63, 3.8) is 0 Å². The van der Waals surface area contributed by atoms with E-state index in [1.165, 1.54) is 0 Å². The third kappa shape index (κ3) is 7.64. The van der Waals surface area contributed by atoms with Gasteiger partial charge in [-0.25, -0.2) is 8.42 Å². The van der Waals surface area contributed by atoms with Crippen LogP contribution in [0.25, 0.3) is 0 Å². The molecule has 0 aliphatic heterocycles. The first kappa shape index (κ1) is 15.4. The van der Waals surface area contributed by atoms with E-state index in [0.717, 1.165) is 6.42 Å². The van der Waals surface area contributed by atoms with E-state index in [1.54, 1.807) is 25.9 Å². The van der Waals surface area contributed by atoms with E-state index in [9.17, 15) is 13.2 Å². The van der Waals surface area contributed by atoms with Crippen molar-refractivity contribution in [1.29, 1.82) is 0 Å². The van der Waals surface area contributed by atoms with Gasteiger partial charge in [-0.15, -0.1) is 0 Å². The molecule has 0 spiro atoms. The number of carbonyl (C=O) groups is 1. The van der Waals surface area contributed by atoms with Gasteiger partial charge in [0.1, 0.15) is 0 Å². The summed E-state index contributed by atoms with van der Waals surface area (Å²) in [6.45, 7) is 2.79. The highest BCUT2D eigenvalue weighted by atomic mass is 32.2. The Bertz CT molecular complexity index is 299. The molecule has 0 aliphatic carbocycles. The number of sulfone groups is 1. The van der Waals surface area contributed by atoms with Crippen LogP contribution < -0.4 is 5.32 Å². The van der Waals surface area contributed by atoms with Crippen LogP contribution in [-0.2, 0) is 14.6 Å². The molecule has 0 unspecified atom stereocenters. The van der Waals surface area contributed by atoms with Crippen molar-refractivity contribution in [2.75, 3.05) is 38.7 Å². The molecule has 1 N–H and O–H groups in total. The molecular formula is C10H22N2O3S. The Morgan fingerprint density at radius 1 is 1.25 bits per heavy atom. The van der Waals surface area contributed by atoms with Crippen LogP contribution in [0, 0.1) is 0 Å². The van der Waals surface area contributed by atoms with Gasteiger partial charge in [-0.2, -0.15) is 0 Å². The van der Waals surface area contributed by atoms with E-state index < -0.39 is 9.84 Å². The molecule has 6 heteroatoms. The van der Waals surface area contributed by atoms with Crippen molar-refractivity contribution < 1.29 is 13.2 Å². The Balaban J connectivity index is 3.45. The summed E-state index contributed by atoms with van der Waals surface area (Å²) in [5.74, 6) is 0.460. The zero-order valence-corrected chi connectivity index (χ0v) is 11.1. The normalized spacial score (nSPS) is 11.4. The maximum Gasteiger partial charge on any atom is 0.222 e. The lowest BCUT2D eigenvalue weighted by Crippen LogP contribution is -2.26. The molecule has 0 saturated carbocycles. The van der Waals surface area contributed by atoms with Gasteiger partial charge in [-0.1, -0.05) is 6.92 Å². The first-order chi connectivity index (χ1) is 7.39. The second-order valence-electron chi connectivity index (χ2n) is 3.88. The predicted molar refractivity (Wildman–Crippen MR) is 65.1 cm³/mol. The first-order valence-corrected chi connectivity index (χ1v) is 7.32. The number of hydrogen-bond donors (Lipinski definition) is 1. The van der Waals surface area contributed by atoms with Crippen molar-refractivity contribution in [3.8, 4) is 0 Å². The molecular weight excluding hydrogens is 228 g/mol. The van der Waals surface area contributed by atoms with Crippen molar-refractivity contribution in [1.82, 2.24) is 10.2 Å². The molecule has 5 nitrogen and oxygen atoms in total. The van der Waals surface area contributed by atoms with E-state index in [1.807, 2.05) is 0 Å². The Labute approximate surface area is 98.1 Å². The second-order valence-corrected chi connectivity index (χ2v) is 6.35. The number of amides is 1. The smallest absolute Gasteiger partial charge is 0.222 e. The van der Waals surface area contributed by atoms with Crippen molar-refractivity contribution >= 4 is 15.7 Å². The maximum atomic E-state index is 11.2. The van der Waals surface area contributed by atoms with Crippen LogP contribution in [-0.4, -0.2) is 57.9 Å². The molecule has 0 fully saturated rings. The highest BCUT2D eigenvalue weighted by Gasteiger charge is 2.06. The first-order valence-electron chi connectivity index (χ1n) is 5.50.